The van der Waals surface area contributed by atoms with Crippen LogP contribution in [0.4, 0.5) is 0 Å². The van der Waals surface area contributed by atoms with E-state index < -0.39 is 0 Å². The molecule has 1 N–H and O–H groups in total. The minimum Gasteiger partial charge on any atom is -0.403 e. The van der Waals surface area contributed by atoms with Crippen LogP contribution < -0.4 is 0 Å². The molecule has 0 amide bonds. The van der Waals surface area contributed by atoms with Crippen molar-refractivity contribution in [3.8, 4) is 0 Å². The lowest BCUT2D eigenvalue weighted by atomic mass is 9.82. The molecule has 3 nitrogen and oxygen atoms in total. The van der Waals surface area contributed by atoms with Gasteiger partial charge in [0.05, 0.1) is 17.3 Å². The predicted octanol–water partition coefficient (Wildman–Crippen LogP) is 2.63. The van der Waals surface area contributed by atoms with E-state index in [1.54, 1.807) is 0 Å². The van der Waals surface area contributed by atoms with Gasteiger partial charge in [-0.1, -0.05) is 12.8 Å². The van der Waals surface area contributed by atoms with Crippen LogP contribution in [0.3, 0.4) is 0 Å². The van der Waals surface area contributed by atoms with Crippen LogP contribution in [-0.2, 0) is 9.31 Å². The first kappa shape index (κ1) is 14.0. The topological polar surface area (TPSA) is 38.7 Å². The Labute approximate surface area is 99.7 Å². The molecule has 1 rings (SSSR count). The van der Waals surface area contributed by atoms with Crippen LogP contribution >= 0.6 is 0 Å². The zero-order valence-electron chi connectivity index (χ0n) is 11.2. The Hall–Kier alpha value is -0.0551. The third kappa shape index (κ3) is 3.47. The van der Waals surface area contributed by atoms with Crippen LogP contribution in [0.5, 0.6) is 0 Å². The minimum absolute atomic E-state index is 0.0843. The van der Waals surface area contributed by atoms with Crippen molar-refractivity contribution < 1.29 is 14.4 Å². The Balaban J connectivity index is 2.26. The highest BCUT2D eigenvalue weighted by molar-refractivity contribution is 6.45. The summed E-state index contributed by atoms with van der Waals surface area (Å²) in [5.41, 5.74) is -0.441. The number of aliphatic hydroxyl groups excluding tert-OH is 1. The van der Waals surface area contributed by atoms with Gasteiger partial charge in [0.25, 0.3) is 0 Å². The fraction of sp³-hybridized carbons (Fsp3) is 1.00. The zero-order valence-corrected chi connectivity index (χ0v) is 11.2. The highest BCUT2D eigenvalue weighted by Gasteiger charge is 2.50. The van der Waals surface area contributed by atoms with Crippen LogP contribution in [0.1, 0.15) is 53.9 Å². The van der Waals surface area contributed by atoms with Crippen LogP contribution in [-0.4, -0.2) is 29.5 Å². The van der Waals surface area contributed by atoms with E-state index in [1.165, 1.54) is 0 Å². The normalized spacial score (nSPS) is 24.8. The van der Waals surface area contributed by atoms with Crippen LogP contribution in [0.25, 0.3) is 0 Å². The maximum Gasteiger partial charge on any atom is 0.457 e. The standard InChI is InChI=1S/C12H25BO3/c1-10(14)8-6-7-9-13-15-11(2,3)12(4,5)16-13/h10,14H,6-9H2,1-5H3/t10-/m0/s1. The van der Waals surface area contributed by atoms with Crippen LogP contribution in [0.15, 0.2) is 0 Å². The van der Waals surface area contributed by atoms with Gasteiger partial charge in [-0.2, -0.15) is 0 Å². The van der Waals surface area contributed by atoms with E-state index in [-0.39, 0.29) is 24.4 Å². The van der Waals surface area contributed by atoms with Crippen LogP contribution in [0, 0.1) is 0 Å². The van der Waals surface area contributed by atoms with Crippen molar-refractivity contribution in [3.63, 3.8) is 0 Å². The van der Waals surface area contributed by atoms with Crippen molar-refractivity contribution in [2.24, 2.45) is 0 Å². The smallest absolute Gasteiger partial charge is 0.403 e. The van der Waals surface area contributed by atoms with Gasteiger partial charge >= 0.3 is 7.12 Å². The maximum atomic E-state index is 9.15. The Morgan fingerprint density at radius 2 is 1.56 bits per heavy atom. The molecule has 0 unspecified atom stereocenters. The lowest BCUT2D eigenvalue weighted by Gasteiger charge is -2.32. The summed E-state index contributed by atoms with van der Waals surface area (Å²) in [6.07, 6.45) is 3.65. The number of rotatable bonds is 5. The van der Waals surface area contributed by atoms with Gasteiger partial charge in [-0.3, -0.25) is 0 Å². The van der Waals surface area contributed by atoms with E-state index in [2.05, 4.69) is 27.7 Å². The van der Waals surface area contributed by atoms with Gasteiger partial charge in [0.2, 0.25) is 0 Å². The SMILES string of the molecule is C[C@H](O)CCCCB1OC(C)(C)C(C)(C)O1. The molecule has 0 aliphatic carbocycles. The average Bonchev–Trinajstić information content (AvgIpc) is 2.29. The van der Waals surface area contributed by atoms with E-state index in [4.69, 9.17) is 14.4 Å². The van der Waals surface area contributed by atoms with Gasteiger partial charge < -0.3 is 14.4 Å². The molecule has 0 spiro atoms. The van der Waals surface area contributed by atoms with Gasteiger partial charge in [-0.05, 0) is 47.4 Å². The van der Waals surface area contributed by atoms with Gasteiger partial charge in [0, 0.05) is 0 Å². The molecule has 4 heteroatoms. The molecule has 94 valence electrons. The third-order valence-corrected chi connectivity index (χ3v) is 3.61. The van der Waals surface area contributed by atoms with E-state index >= 15 is 0 Å². The lowest BCUT2D eigenvalue weighted by Crippen LogP contribution is -2.41. The third-order valence-electron chi connectivity index (χ3n) is 3.61. The van der Waals surface area contributed by atoms with Crippen molar-refractivity contribution in [2.75, 3.05) is 0 Å². The second kappa shape index (κ2) is 5.07. The highest BCUT2D eigenvalue weighted by atomic mass is 16.7. The van der Waals surface area contributed by atoms with Gasteiger partial charge in [-0.15, -0.1) is 0 Å². The Morgan fingerprint density at radius 1 is 1.06 bits per heavy atom. The molecule has 1 atom stereocenters. The quantitative estimate of drug-likeness (QED) is 0.580. The van der Waals surface area contributed by atoms with Crippen molar-refractivity contribution in [2.45, 2.75) is 77.5 Å². The van der Waals surface area contributed by atoms with Gasteiger partial charge in [-0.25, -0.2) is 0 Å². The highest BCUT2D eigenvalue weighted by Crippen LogP contribution is 2.38. The molecule has 1 heterocycles. The molecule has 0 saturated carbocycles. The second-order valence-corrected chi connectivity index (χ2v) is 5.82. The first-order chi connectivity index (χ1) is 7.24. The molecule has 0 radical (unpaired) electrons. The molecule has 1 fully saturated rings. The molecule has 1 aliphatic heterocycles. The summed E-state index contributed by atoms with van der Waals surface area (Å²) < 4.78 is 11.8. The Bertz CT molecular complexity index is 210. The summed E-state index contributed by atoms with van der Waals surface area (Å²) in [4.78, 5) is 0. The zero-order chi connectivity index (χ0) is 12.4. The van der Waals surface area contributed by atoms with Crippen LogP contribution in [0.2, 0.25) is 6.32 Å². The van der Waals surface area contributed by atoms with Crippen molar-refractivity contribution in [3.05, 3.63) is 0 Å². The molecule has 0 aromatic carbocycles. The first-order valence-corrected chi connectivity index (χ1v) is 6.28. The summed E-state index contributed by atoms with van der Waals surface area (Å²) >= 11 is 0. The van der Waals surface area contributed by atoms with Gasteiger partial charge in [0.1, 0.15) is 0 Å². The van der Waals surface area contributed by atoms with E-state index in [0.29, 0.717) is 0 Å². The fourth-order valence-electron chi connectivity index (χ4n) is 1.83. The van der Waals surface area contributed by atoms with Gasteiger partial charge in [0.15, 0.2) is 0 Å². The summed E-state index contributed by atoms with van der Waals surface area (Å²) in [5.74, 6) is 0. The molecule has 16 heavy (non-hydrogen) atoms. The second-order valence-electron chi connectivity index (χ2n) is 5.82. The van der Waals surface area contributed by atoms with E-state index in [0.717, 1.165) is 25.6 Å². The summed E-state index contributed by atoms with van der Waals surface area (Å²) in [7, 11) is -0.0843. The van der Waals surface area contributed by atoms with Crippen molar-refractivity contribution >= 4 is 7.12 Å². The molecule has 1 aliphatic rings. The molecular formula is C12H25BO3. The average molecular weight is 228 g/mol. The summed E-state index contributed by atoms with van der Waals surface area (Å²) in [6, 6.07) is 0. The van der Waals surface area contributed by atoms with Crippen molar-refractivity contribution in [1.82, 2.24) is 0 Å². The molecule has 0 bridgehead atoms. The minimum atomic E-state index is -0.220. The lowest BCUT2D eigenvalue weighted by molar-refractivity contribution is 0.00578. The monoisotopic (exact) mass is 228 g/mol. The molecule has 0 aromatic heterocycles. The predicted molar refractivity (Wildman–Crippen MR) is 66.4 cm³/mol. The summed E-state index contributed by atoms with van der Waals surface area (Å²) in [5, 5.41) is 9.15. The number of aliphatic hydroxyl groups is 1. The Kier molecular flexibility index (Phi) is 4.44. The fourth-order valence-corrected chi connectivity index (χ4v) is 1.83. The van der Waals surface area contributed by atoms with E-state index in [1.807, 2.05) is 6.92 Å². The largest absolute Gasteiger partial charge is 0.457 e. The number of hydrogen-bond acceptors (Lipinski definition) is 3. The molecular weight excluding hydrogens is 203 g/mol. The maximum absolute atomic E-state index is 9.15. The van der Waals surface area contributed by atoms with Crippen molar-refractivity contribution in [1.29, 1.82) is 0 Å². The molecule has 0 aromatic rings. The first-order valence-electron chi connectivity index (χ1n) is 6.28. The number of hydrogen-bond donors (Lipinski definition) is 1. The van der Waals surface area contributed by atoms with E-state index in [9.17, 15) is 0 Å². The summed E-state index contributed by atoms with van der Waals surface area (Å²) in [6.45, 7) is 10.1. The molecule has 1 saturated heterocycles. The number of unbranched alkanes of at least 4 members (excludes halogenated alkanes) is 1. The Morgan fingerprint density at radius 3 is 2.00 bits per heavy atom.